The van der Waals surface area contributed by atoms with Crippen LogP contribution in [0.15, 0.2) is 24.3 Å². The quantitative estimate of drug-likeness (QED) is 0.724. The number of benzene rings is 1. The third kappa shape index (κ3) is 8.35. The van der Waals surface area contributed by atoms with Gasteiger partial charge in [-0.1, -0.05) is 25.5 Å². The minimum absolute atomic E-state index is 0.0677. The number of carbonyl (C=O) groups is 1. The van der Waals surface area contributed by atoms with Crippen molar-refractivity contribution in [3.63, 3.8) is 0 Å². The van der Waals surface area contributed by atoms with Gasteiger partial charge in [0.2, 0.25) is 0 Å². The first-order chi connectivity index (χ1) is 9.90. The number of amides is 1. The molecule has 0 aliphatic carbocycles. The van der Waals surface area contributed by atoms with Gasteiger partial charge in [0.05, 0.1) is 0 Å². The summed E-state index contributed by atoms with van der Waals surface area (Å²) in [4.78, 5) is 11.5. The van der Waals surface area contributed by atoms with Crippen molar-refractivity contribution < 1.29 is 9.53 Å². The van der Waals surface area contributed by atoms with E-state index in [-0.39, 0.29) is 18.1 Å². The zero-order chi connectivity index (χ0) is 15.7. The van der Waals surface area contributed by atoms with Crippen molar-refractivity contribution in [1.29, 1.82) is 0 Å². The lowest BCUT2D eigenvalue weighted by Crippen LogP contribution is -2.35. The SMILES string of the molecule is CCCCNC(=O)COc1ccc(CNC(C)(C)C)cc1. The van der Waals surface area contributed by atoms with Gasteiger partial charge in [0.25, 0.3) is 5.91 Å². The van der Waals surface area contributed by atoms with Crippen LogP contribution in [0.25, 0.3) is 0 Å². The molecule has 2 N–H and O–H groups in total. The summed E-state index contributed by atoms with van der Waals surface area (Å²) < 4.78 is 5.47. The van der Waals surface area contributed by atoms with E-state index in [0.717, 1.165) is 31.7 Å². The lowest BCUT2D eigenvalue weighted by molar-refractivity contribution is -0.123. The highest BCUT2D eigenvalue weighted by molar-refractivity contribution is 5.77. The van der Waals surface area contributed by atoms with E-state index >= 15 is 0 Å². The molecule has 0 heterocycles. The predicted molar refractivity (Wildman–Crippen MR) is 86.4 cm³/mol. The van der Waals surface area contributed by atoms with Crippen molar-refractivity contribution in [3.05, 3.63) is 29.8 Å². The van der Waals surface area contributed by atoms with Gasteiger partial charge >= 0.3 is 0 Å². The molecule has 0 saturated heterocycles. The normalized spacial score (nSPS) is 11.2. The van der Waals surface area contributed by atoms with Crippen LogP contribution in [-0.4, -0.2) is 24.6 Å². The number of hydrogen-bond donors (Lipinski definition) is 2. The van der Waals surface area contributed by atoms with E-state index in [0.29, 0.717) is 0 Å². The summed E-state index contributed by atoms with van der Waals surface area (Å²) in [5.41, 5.74) is 1.30. The molecule has 0 fully saturated rings. The van der Waals surface area contributed by atoms with E-state index in [4.69, 9.17) is 4.74 Å². The number of nitrogens with one attached hydrogen (secondary N) is 2. The molecule has 0 radical (unpaired) electrons. The van der Waals surface area contributed by atoms with Crippen LogP contribution in [-0.2, 0) is 11.3 Å². The maximum Gasteiger partial charge on any atom is 0.257 e. The molecular formula is C17H28N2O2. The monoisotopic (exact) mass is 292 g/mol. The van der Waals surface area contributed by atoms with E-state index in [9.17, 15) is 4.79 Å². The number of unbranched alkanes of at least 4 members (excludes halogenated alkanes) is 1. The van der Waals surface area contributed by atoms with Gasteiger partial charge in [-0.3, -0.25) is 4.79 Å². The third-order valence-corrected chi connectivity index (χ3v) is 2.97. The first-order valence-electron chi connectivity index (χ1n) is 7.64. The van der Waals surface area contributed by atoms with Crippen molar-refractivity contribution in [3.8, 4) is 5.75 Å². The van der Waals surface area contributed by atoms with E-state index in [1.54, 1.807) is 0 Å². The number of carbonyl (C=O) groups excluding carboxylic acids is 1. The molecule has 0 aliphatic heterocycles. The highest BCUT2D eigenvalue weighted by Gasteiger charge is 2.08. The Labute approximate surface area is 128 Å². The van der Waals surface area contributed by atoms with E-state index < -0.39 is 0 Å². The molecule has 0 unspecified atom stereocenters. The van der Waals surface area contributed by atoms with Gasteiger partial charge in [-0.25, -0.2) is 0 Å². The van der Waals surface area contributed by atoms with Crippen molar-refractivity contribution >= 4 is 5.91 Å². The second-order valence-corrected chi connectivity index (χ2v) is 6.24. The average Bonchev–Trinajstić information content (AvgIpc) is 2.43. The van der Waals surface area contributed by atoms with Crippen LogP contribution in [0.3, 0.4) is 0 Å². The standard InChI is InChI=1S/C17H28N2O2/c1-5-6-11-18-16(20)13-21-15-9-7-14(8-10-15)12-19-17(2,3)4/h7-10,19H,5-6,11-13H2,1-4H3,(H,18,20). The third-order valence-electron chi connectivity index (χ3n) is 2.97. The Morgan fingerprint density at radius 3 is 2.43 bits per heavy atom. The number of ether oxygens (including phenoxy) is 1. The Hall–Kier alpha value is -1.55. The predicted octanol–water partition coefficient (Wildman–Crippen LogP) is 2.87. The van der Waals surface area contributed by atoms with Crippen molar-refractivity contribution in [2.75, 3.05) is 13.2 Å². The van der Waals surface area contributed by atoms with Crippen LogP contribution in [0, 0.1) is 0 Å². The summed E-state index contributed by atoms with van der Waals surface area (Å²) in [6.45, 7) is 10.1. The van der Waals surface area contributed by atoms with Gasteiger partial charge < -0.3 is 15.4 Å². The molecule has 4 heteroatoms. The maximum atomic E-state index is 11.5. The maximum absolute atomic E-state index is 11.5. The zero-order valence-electron chi connectivity index (χ0n) is 13.7. The van der Waals surface area contributed by atoms with Crippen molar-refractivity contribution in [2.45, 2.75) is 52.6 Å². The summed E-state index contributed by atoms with van der Waals surface area (Å²) in [5, 5.41) is 6.26. The van der Waals surface area contributed by atoms with Crippen LogP contribution in [0.1, 0.15) is 46.1 Å². The Kier molecular flexibility index (Phi) is 7.23. The summed E-state index contributed by atoms with van der Waals surface area (Å²) in [6, 6.07) is 7.84. The molecule has 1 rings (SSSR count). The molecule has 0 bridgehead atoms. The van der Waals surface area contributed by atoms with Crippen LogP contribution in [0.2, 0.25) is 0 Å². The zero-order valence-corrected chi connectivity index (χ0v) is 13.7. The topological polar surface area (TPSA) is 50.4 Å². The van der Waals surface area contributed by atoms with Gasteiger partial charge in [-0.05, 0) is 44.9 Å². The smallest absolute Gasteiger partial charge is 0.257 e. The Balaban J connectivity index is 2.32. The second kappa shape index (κ2) is 8.67. The fraction of sp³-hybridized carbons (Fsp3) is 0.588. The van der Waals surface area contributed by atoms with Crippen LogP contribution < -0.4 is 15.4 Å². The van der Waals surface area contributed by atoms with Crippen LogP contribution in [0.5, 0.6) is 5.75 Å². The summed E-state index contributed by atoms with van der Waals surface area (Å²) in [7, 11) is 0. The second-order valence-electron chi connectivity index (χ2n) is 6.24. The molecule has 4 nitrogen and oxygen atoms in total. The Bertz CT molecular complexity index is 421. The lowest BCUT2D eigenvalue weighted by Gasteiger charge is -2.20. The Morgan fingerprint density at radius 1 is 1.19 bits per heavy atom. The molecule has 1 aromatic carbocycles. The first-order valence-corrected chi connectivity index (χ1v) is 7.64. The molecule has 21 heavy (non-hydrogen) atoms. The highest BCUT2D eigenvalue weighted by atomic mass is 16.5. The van der Waals surface area contributed by atoms with Crippen molar-refractivity contribution in [1.82, 2.24) is 10.6 Å². The summed E-state index contributed by atoms with van der Waals surface area (Å²) in [6.07, 6.45) is 2.08. The highest BCUT2D eigenvalue weighted by Crippen LogP contribution is 2.13. The number of hydrogen-bond acceptors (Lipinski definition) is 3. The lowest BCUT2D eigenvalue weighted by atomic mass is 10.1. The van der Waals surface area contributed by atoms with Gasteiger partial charge in [0, 0.05) is 18.6 Å². The molecule has 0 saturated carbocycles. The molecular weight excluding hydrogens is 264 g/mol. The molecule has 1 amide bonds. The van der Waals surface area contributed by atoms with Crippen LogP contribution in [0.4, 0.5) is 0 Å². The largest absolute Gasteiger partial charge is 0.484 e. The minimum Gasteiger partial charge on any atom is -0.484 e. The minimum atomic E-state index is -0.0677. The molecule has 0 spiro atoms. The molecule has 0 aromatic heterocycles. The van der Waals surface area contributed by atoms with Crippen LogP contribution >= 0.6 is 0 Å². The fourth-order valence-corrected chi connectivity index (χ4v) is 1.68. The molecule has 118 valence electrons. The summed E-state index contributed by atoms with van der Waals surface area (Å²) in [5.74, 6) is 0.655. The molecule has 1 aromatic rings. The van der Waals surface area contributed by atoms with Crippen molar-refractivity contribution in [2.24, 2.45) is 0 Å². The molecule has 0 aliphatic rings. The van der Waals surface area contributed by atoms with E-state index in [1.165, 1.54) is 5.56 Å². The average molecular weight is 292 g/mol. The fourth-order valence-electron chi connectivity index (χ4n) is 1.68. The van der Waals surface area contributed by atoms with Gasteiger partial charge in [-0.2, -0.15) is 0 Å². The summed E-state index contributed by atoms with van der Waals surface area (Å²) >= 11 is 0. The van der Waals surface area contributed by atoms with E-state index in [1.807, 2.05) is 24.3 Å². The Morgan fingerprint density at radius 2 is 1.86 bits per heavy atom. The van der Waals surface area contributed by atoms with Gasteiger partial charge in [0.15, 0.2) is 6.61 Å². The first kappa shape index (κ1) is 17.5. The van der Waals surface area contributed by atoms with Gasteiger partial charge in [-0.15, -0.1) is 0 Å². The van der Waals surface area contributed by atoms with E-state index in [2.05, 4.69) is 38.3 Å². The van der Waals surface area contributed by atoms with Gasteiger partial charge in [0.1, 0.15) is 5.75 Å². The number of rotatable bonds is 8. The molecule has 0 atom stereocenters.